The van der Waals surface area contributed by atoms with Crippen molar-refractivity contribution in [3.05, 3.63) is 110 Å². The third kappa shape index (κ3) is 4.85. The lowest BCUT2D eigenvalue weighted by Crippen LogP contribution is -2.27. The first-order chi connectivity index (χ1) is 20.7. The number of carbonyl (C=O) groups excluding carboxylic acids is 2. The third-order valence-electron chi connectivity index (χ3n) is 8.18. The van der Waals surface area contributed by atoms with Crippen LogP contribution in [0.4, 0.5) is 11.4 Å². The molecule has 42 heavy (non-hydrogen) atoms. The number of amides is 2. The highest BCUT2D eigenvalue weighted by Crippen LogP contribution is 2.45. The summed E-state index contributed by atoms with van der Waals surface area (Å²) in [6, 6.07) is 28.9. The Hall–Kier alpha value is -5.10. The second-order valence-electron chi connectivity index (χ2n) is 10.8. The minimum Gasteiger partial charge on any atom is -0.312 e. The molecule has 2 aliphatic rings. The van der Waals surface area contributed by atoms with Crippen molar-refractivity contribution in [1.29, 1.82) is 0 Å². The van der Waals surface area contributed by atoms with Crippen LogP contribution in [-0.2, 0) is 9.59 Å². The zero-order valence-corrected chi connectivity index (χ0v) is 23.2. The maximum Gasteiger partial charge on any atom is 0.227 e. The highest BCUT2D eigenvalue weighted by Gasteiger charge is 2.30. The van der Waals surface area contributed by atoms with Crippen LogP contribution in [0.1, 0.15) is 25.7 Å². The molecular formula is C36H30N4O2. The van der Waals surface area contributed by atoms with Gasteiger partial charge in [-0.2, -0.15) is 0 Å². The van der Waals surface area contributed by atoms with Gasteiger partial charge in [0.15, 0.2) is 0 Å². The average Bonchev–Trinajstić information content (AvgIpc) is 3.69. The predicted octanol–water partition coefficient (Wildman–Crippen LogP) is 7.40. The van der Waals surface area contributed by atoms with Gasteiger partial charge in [-0.25, -0.2) is 0 Å². The number of pyridine rings is 2. The summed E-state index contributed by atoms with van der Waals surface area (Å²) in [5.74, 6) is 0.249. The summed E-state index contributed by atoms with van der Waals surface area (Å²) in [7, 11) is 0. The predicted molar refractivity (Wildman–Crippen MR) is 167 cm³/mol. The van der Waals surface area contributed by atoms with Crippen LogP contribution in [-0.4, -0.2) is 34.9 Å². The summed E-state index contributed by atoms with van der Waals surface area (Å²) in [4.78, 5) is 38.8. The molecule has 7 rings (SSSR count). The van der Waals surface area contributed by atoms with E-state index in [-0.39, 0.29) is 11.8 Å². The lowest BCUT2D eigenvalue weighted by molar-refractivity contribution is -0.117. The topological polar surface area (TPSA) is 66.4 Å². The molecule has 0 saturated carbocycles. The van der Waals surface area contributed by atoms with E-state index in [1.54, 1.807) is 12.4 Å². The second-order valence-corrected chi connectivity index (χ2v) is 10.8. The molecule has 2 saturated heterocycles. The second kappa shape index (κ2) is 11.1. The quantitative estimate of drug-likeness (QED) is 0.221. The smallest absolute Gasteiger partial charge is 0.227 e. The van der Waals surface area contributed by atoms with Gasteiger partial charge < -0.3 is 9.80 Å². The Labute approximate surface area is 245 Å². The molecule has 0 unspecified atom stereocenters. The molecule has 0 spiro atoms. The van der Waals surface area contributed by atoms with Gasteiger partial charge in [-0.15, -0.1) is 0 Å². The van der Waals surface area contributed by atoms with Crippen molar-refractivity contribution in [2.24, 2.45) is 0 Å². The Balaban J connectivity index is 1.45. The molecule has 2 aliphatic heterocycles. The lowest BCUT2D eigenvalue weighted by atomic mass is 9.92. The van der Waals surface area contributed by atoms with Crippen molar-refractivity contribution >= 4 is 23.2 Å². The summed E-state index contributed by atoms with van der Waals surface area (Å²) in [5.41, 5.74) is 9.77. The van der Waals surface area contributed by atoms with Crippen molar-refractivity contribution in [2.75, 3.05) is 22.9 Å². The summed E-state index contributed by atoms with van der Waals surface area (Å²) < 4.78 is 0. The summed E-state index contributed by atoms with van der Waals surface area (Å²) in [6.45, 7) is 1.34. The van der Waals surface area contributed by atoms with Crippen LogP contribution >= 0.6 is 0 Å². The van der Waals surface area contributed by atoms with E-state index in [4.69, 9.17) is 0 Å². The number of aromatic nitrogens is 2. The largest absolute Gasteiger partial charge is 0.312 e. The number of hydrogen-bond donors (Lipinski definition) is 0. The van der Waals surface area contributed by atoms with E-state index in [1.807, 2.05) is 58.6 Å². The van der Waals surface area contributed by atoms with Crippen LogP contribution in [0.25, 0.3) is 44.5 Å². The summed E-state index contributed by atoms with van der Waals surface area (Å²) >= 11 is 0. The van der Waals surface area contributed by atoms with Crippen LogP contribution in [0.5, 0.6) is 0 Å². The number of anilines is 2. The Kier molecular flexibility index (Phi) is 6.80. The van der Waals surface area contributed by atoms with Crippen LogP contribution < -0.4 is 9.80 Å². The van der Waals surface area contributed by atoms with Crippen molar-refractivity contribution in [1.82, 2.24) is 9.97 Å². The molecule has 4 heterocycles. The zero-order chi connectivity index (χ0) is 28.5. The van der Waals surface area contributed by atoms with E-state index >= 15 is 0 Å². The van der Waals surface area contributed by atoms with E-state index in [1.165, 1.54) is 0 Å². The van der Waals surface area contributed by atoms with Crippen molar-refractivity contribution in [2.45, 2.75) is 25.7 Å². The van der Waals surface area contributed by atoms with Gasteiger partial charge in [0.25, 0.3) is 0 Å². The average molecular weight is 551 g/mol. The van der Waals surface area contributed by atoms with Crippen molar-refractivity contribution in [3.8, 4) is 44.5 Å². The molecule has 3 aromatic carbocycles. The van der Waals surface area contributed by atoms with Crippen molar-refractivity contribution in [3.63, 3.8) is 0 Å². The first kappa shape index (κ1) is 25.8. The molecule has 6 heteroatoms. The van der Waals surface area contributed by atoms with Gasteiger partial charge in [-0.05, 0) is 71.5 Å². The van der Waals surface area contributed by atoms with E-state index in [0.29, 0.717) is 25.9 Å². The minimum atomic E-state index is 0.125. The summed E-state index contributed by atoms with van der Waals surface area (Å²) in [6.07, 6.45) is 9.98. The summed E-state index contributed by atoms with van der Waals surface area (Å²) in [5, 5.41) is 0. The minimum absolute atomic E-state index is 0.125. The van der Waals surface area contributed by atoms with E-state index in [0.717, 1.165) is 68.7 Å². The molecule has 2 aromatic heterocycles. The normalized spacial score (nSPS) is 15.0. The number of rotatable bonds is 6. The van der Waals surface area contributed by atoms with E-state index < -0.39 is 0 Å². The van der Waals surface area contributed by atoms with Crippen LogP contribution in [0, 0.1) is 0 Å². The molecule has 5 aromatic rings. The van der Waals surface area contributed by atoms with Gasteiger partial charge in [0.2, 0.25) is 11.8 Å². The molecule has 2 amide bonds. The lowest BCUT2D eigenvalue weighted by Gasteiger charge is -2.27. The number of carbonyl (C=O) groups is 2. The zero-order valence-electron chi connectivity index (χ0n) is 23.2. The monoisotopic (exact) mass is 550 g/mol. The molecular weight excluding hydrogens is 520 g/mol. The Bertz CT molecular complexity index is 1650. The molecule has 0 aliphatic carbocycles. The Morgan fingerprint density at radius 3 is 1.31 bits per heavy atom. The number of nitrogens with zero attached hydrogens (tertiary/aromatic N) is 4. The van der Waals surface area contributed by atoms with Gasteiger partial charge in [0, 0.05) is 73.0 Å². The van der Waals surface area contributed by atoms with Gasteiger partial charge >= 0.3 is 0 Å². The molecule has 2 fully saturated rings. The van der Waals surface area contributed by atoms with Gasteiger partial charge in [-0.3, -0.25) is 19.6 Å². The fourth-order valence-electron chi connectivity index (χ4n) is 6.09. The van der Waals surface area contributed by atoms with Crippen LogP contribution in [0.15, 0.2) is 110 Å². The Morgan fingerprint density at radius 1 is 0.500 bits per heavy atom. The SMILES string of the molecule is O=C1CCCN1c1cc(-c2cccc(-c3cccnc3)c2)c(N2CCCC2=O)cc1-c1cccc(-c2cccnc2)c1. The van der Waals surface area contributed by atoms with Crippen LogP contribution in [0.3, 0.4) is 0 Å². The number of hydrogen-bond acceptors (Lipinski definition) is 4. The maximum absolute atomic E-state index is 13.2. The molecule has 0 atom stereocenters. The first-order valence-electron chi connectivity index (χ1n) is 14.5. The molecule has 0 N–H and O–H groups in total. The number of benzene rings is 3. The standard InChI is InChI=1S/C36H30N4O2/c41-35-13-5-17-39(35)33-22-32(28-10-2-8-26(20-28)30-12-4-16-38-24-30)34(40-18-6-14-36(40)42)21-31(33)27-9-1-7-25(19-27)29-11-3-15-37-23-29/h1-4,7-12,15-16,19-24H,5-6,13-14,17-18H2. The molecule has 0 radical (unpaired) electrons. The van der Waals surface area contributed by atoms with Gasteiger partial charge in [0.05, 0.1) is 11.4 Å². The Morgan fingerprint density at radius 2 is 0.929 bits per heavy atom. The maximum atomic E-state index is 13.2. The highest BCUT2D eigenvalue weighted by molar-refractivity contribution is 6.06. The third-order valence-corrected chi connectivity index (χ3v) is 8.18. The highest BCUT2D eigenvalue weighted by atomic mass is 16.2. The fourth-order valence-corrected chi connectivity index (χ4v) is 6.09. The molecule has 206 valence electrons. The van der Waals surface area contributed by atoms with Gasteiger partial charge in [0.1, 0.15) is 0 Å². The van der Waals surface area contributed by atoms with Crippen molar-refractivity contribution < 1.29 is 9.59 Å². The molecule has 0 bridgehead atoms. The first-order valence-corrected chi connectivity index (χ1v) is 14.5. The van der Waals surface area contributed by atoms with Crippen LogP contribution in [0.2, 0.25) is 0 Å². The van der Waals surface area contributed by atoms with E-state index in [9.17, 15) is 9.59 Å². The van der Waals surface area contributed by atoms with Gasteiger partial charge in [-0.1, -0.05) is 48.5 Å². The fraction of sp³-hybridized carbons (Fsp3) is 0.167. The van der Waals surface area contributed by atoms with E-state index in [2.05, 4.69) is 58.5 Å². The molecule has 6 nitrogen and oxygen atoms in total.